The Labute approximate surface area is 164 Å². The second kappa shape index (κ2) is 6.97. The van der Waals surface area contributed by atoms with Crippen molar-refractivity contribution < 1.29 is 14.1 Å². The topological polar surface area (TPSA) is 111 Å². The number of thioether (sulfide) groups is 1. The molecule has 0 aliphatic carbocycles. The van der Waals surface area contributed by atoms with Gasteiger partial charge in [0, 0.05) is 22.1 Å². The third-order valence-electron chi connectivity index (χ3n) is 3.63. The normalized spacial score (nSPS) is 17.0. The second-order valence-electron chi connectivity index (χ2n) is 5.38. The molecule has 1 amide bonds. The number of fused-ring (bicyclic) bond motifs is 1. The van der Waals surface area contributed by atoms with Gasteiger partial charge in [0.15, 0.2) is 5.17 Å². The molecule has 1 N–H and O–H groups in total. The number of aromatic nitrogens is 1. The third-order valence-corrected chi connectivity index (χ3v) is 5.24. The van der Waals surface area contributed by atoms with Gasteiger partial charge in [-0.15, -0.1) is 0 Å². The summed E-state index contributed by atoms with van der Waals surface area (Å²) >= 11 is 4.60. The fourth-order valence-corrected chi connectivity index (χ4v) is 3.72. The molecule has 0 unspecified atom stereocenters. The van der Waals surface area contributed by atoms with Gasteiger partial charge in [-0.2, -0.15) is 0 Å². The first-order chi connectivity index (χ1) is 13.0. The van der Waals surface area contributed by atoms with Crippen LogP contribution in [0.1, 0.15) is 5.76 Å². The third kappa shape index (κ3) is 3.49. The highest BCUT2D eigenvalue weighted by atomic mass is 79.9. The molecule has 1 aliphatic heterocycles. The maximum absolute atomic E-state index is 12.2. The maximum atomic E-state index is 12.2. The Morgan fingerprint density at radius 3 is 2.93 bits per heavy atom. The van der Waals surface area contributed by atoms with Crippen molar-refractivity contribution in [3.8, 4) is 0 Å². The van der Waals surface area contributed by atoms with E-state index in [0.717, 1.165) is 21.6 Å². The molecule has 10 heteroatoms. The zero-order valence-electron chi connectivity index (χ0n) is 13.4. The van der Waals surface area contributed by atoms with Crippen LogP contribution in [-0.4, -0.2) is 21.0 Å². The Balaban J connectivity index is 1.65. The summed E-state index contributed by atoms with van der Waals surface area (Å²) in [7, 11) is 0. The molecule has 3 heterocycles. The Kier molecular flexibility index (Phi) is 4.50. The summed E-state index contributed by atoms with van der Waals surface area (Å²) in [4.78, 5) is 31.4. The molecule has 0 atom stereocenters. The molecule has 1 aliphatic rings. The highest BCUT2D eigenvalue weighted by molar-refractivity contribution is 9.10. The highest BCUT2D eigenvalue weighted by Crippen LogP contribution is 2.33. The Morgan fingerprint density at radius 2 is 2.15 bits per heavy atom. The van der Waals surface area contributed by atoms with Crippen LogP contribution in [0.4, 0.5) is 11.6 Å². The van der Waals surface area contributed by atoms with Crippen molar-refractivity contribution in [1.82, 2.24) is 10.3 Å². The molecule has 134 valence electrons. The predicted molar refractivity (Wildman–Crippen MR) is 106 cm³/mol. The van der Waals surface area contributed by atoms with Gasteiger partial charge in [-0.3, -0.25) is 19.9 Å². The quantitative estimate of drug-likeness (QED) is 0.364. The van der Waals surface area contributed by atoms with Gasteiger partial charge in [0.05, 0.1) is 22.2 Å². The number of hydrogen-bond donors (Lipinski definition) is 1. The molecule has 1 aromatic carbocycles. The lowest BCUT2D eigenvalue weighted by Crippen LogP contribution is -2.19. The van der Waals surface area contributed by atoms with Gasteiger partial charge < -0.3 is 9.73 Å². The van der Waals surface area contributed by atoms with Crippen molar-refractivity contribution in [2.24, 2.45) is 4.99 Å². The monoisotopic (exact) mass is 444 g/mol. The number of amides is 1. The Bertz CT molecular complexity index is 1150. The van der Waals surface area contributed by atoms with Crippen molar-refractivity contribution in [3.63, 3.8) is 0 Å². The highest BCUT2D eigenvalue weighted by Gasteiger charge is 2.25. The van der Waals surface area contributed by atoms with Gasteiger partial charge in [-0.25, -0.2) is 4.99 Å². The SMILES string of the molecule is O=C1NC(=Nc2ccc(Br)c3cccnc23)S/C1=C\c1ccc([N+](=O)[O-])o1. The first-order valence-electron chi connectivity index (χ1n) is 7.58. The summed E-state index contributed by atoms with van der Waals surface area (Å²) < 4.78 is 5.96. The molecule has 3 aromatic rings. The van der Waals surface area contributed by atoms with E-state index in [4.69, 9.17) is 4.42 Å². The summed E-state index contributed by atoms with van der Waals surface area (Å²) in [6.07, 6.45) is 3.11. The van der Waals surface area contributed by atoms with E-state index in [9.17, 15) is 14.9 Å². The smallest absolute Gasteiger partial charge is 0.401 e. The van der Waals surface area contributed by atoms with Crippen molar-refractivity contribution in [2.75, 3.05) is 0 Å². The van der Waals surface area contributed by atoms with Gasteiger partial charge in [-0.1, -0.05) is 22.0 Å². The van der Waals surface area contributed by atoms with Crippen LogP contribution < -0.4 is 5.32 Å². The summed E-state index contributed by atoms with van der Waals surface area (Å²) in [6, 6.07) is 10.1. The van der Waals surface area contributed by atoms with Crippen LogP contribution in [0.2, 0.25) is 0 Å². The van der Waals surface area contributed by atoms with E-state index in [1.807, 2.05) is 18.2 Å². The van der Waals surface area contributed by atoms with E-state index in [1.54, 1.807) is 12.3 Å². The molecular weight excluding hydrogens is 436 g/mol. The largest absolute Gasteiger partial charge is 0.433 e. The van der Waals surface area contributed by atoms with Gasteiger partial charge in [-0.05, 0) is 36.0 Å². The number of pyridine rings is 1. The Hall–Kier alpha value is -2.98. The molecule has 2 aromatic heterocycles. The van der Waals surface area contributed by atoms with E-state index in [2.05, 4.69) is 31.2 Å². The van der Waals surface area contributed by atoms with Crippen LogP contribution in [0.3, 0.4) is 0 Å². The number of nitrogens with zero attached hydrogens (tertiary/aromatic N) is 3. The minimum atomic E-state index is -0.637. The molecule has 1 fully saturated rings. The van der Waals surface area contributed by atoms with Gasteiger partial charge in [0.25, 0.3) is 5.91 Å². The van der Waals surface area contributed by atoms with Gasteiger partial charge in [0.1, 0.15) is 10.7 Å². The minimum Gasteiger partial charge on any atom is -0.401 e. The fourth-order valence-electron chi connectivity index (χ4n) is 2.45. The number of carbonyl (C=O) groups is 1. The molecule has 27 heavy (non-hydrogen) atoms. The summed E-state index contributed by atoms with van der Waals surface area (Å²) in [6.45, 7) is 0. The number of benzene rings is 1. The van der Waals surface area contributed by atoms with E-state index < -0.39 is 4.92 Å². The number of halogens is 1. The minimum absolute atomic E-state index is 0.219. The van der Waals surface area contributed by atoms with Crippen LogP contribution in [0.15, 0.2) is 61.4 Å². The predicted octanol–water partition coefficient (Wildman–Crippen LogP) is 4.39. The molecule has 0 saturated carbocycles. The van der Waals surface area contributed by atoms with Crippen molar-refractivity contribution in [2.45, 2.75) is 0 Å². The second-order valence-corrected chi connectivity index (χ2v) is 7.27. The van der Waals surface area contributed by atoms with E-state index >= 15 is 0 Å². The average molecular weight is 445 g/mol. The van der Waals surface area contributed by atoms with Crippen LogP contribution in [0.25, 0.3) is 17.0 Å². The van der Waals surface area contributed by atoms with Crippen LogP contribution in [0.5, 0.6) is 0 Å². The summed E-state index contributed by atoms with van der Waals surface area (Å²) in [5.41, 5.74) is 1.32. The molecule has 4 rings (SSSR count). The zero-order chi connectivity index (χ0) is 19.0. The zero-order valence-corrected chi connectivity index (χ0v) is 15.8. The molecule has 0 spiro atoms. The number of aliphatic imine (C=N–C) groups is 1. The van der Waals surface area contributed by atoms with Crippen molar-refractivity contribution >= 4 is 67.3 Å². The maximum Gasteiger partial charge on any atom is 0.433 e. The first-order valence-corrected chi connectivity index (χ1v) is 9.19. The number of hydrogen-bond acceptors (Lipinski definition) is 7. The lowest BCUT2D eigenvalue weighted by atomic mass is 10.2. The van der Waals surface area contributed by atoms with E-state index in [-0.39, 0.29) is 17.6 Å². The molecule has 0 radical (unpaired) electrons. The van der Waals surface area contributed by atoms with Crippen molar-refractivity contribution in [3.05, 3.63) is 67.8 Å². The Morgan fingerprint density at radius 1 is 1.30 bits per heavy atom. The number of furan rings is 1. The number of rotatable bonds is 3. The number of nitrogens with one attached hydrogen (secondary N) is 1. The number of amidine groups is 1. The van der Waals surface area contributed by atoms with Crippen LogP contribution in [-0.2, 0) is 4.79 Å². The molecule has 8 nitrogen and oxygen atoms in total. The standard InChI is InChI=1S/C17H9BrN4O4S/c18-11-4-5-12(15-10(11)2-1-7-19-15)20-17-21-16(23)13(27-17)8-9-3-6-14(26-9)22(24)25/h1-8H,(H,20,21,23)/b13-8-. The lowest BCUT2D eigenvalue weighted by molar-refractivity contribution is -0.402. The van der Waals surface area contributed by atoms with Crippen LogP contribution in [0, 0.1) is 10.1 Å². The van der Waals surface area contributed by atoms with Gasteiger partial charge >= 0.3 is 5.88 Å². The van der Waals surface area contributed by atoms with E-state index in [1.165, 1.54) is 18.2 Å². The van der Waals surface area contributed by atoms with E-state index in [0.29, 0.717) is 21.3 Å². The average Bonchev–Trinajstić information content (AvgIpc) is 3.25. The fraction of sp³-hybridized carbons (Fsp3) is 0. The molecule has 1 saturated heterocycles. The van der Waals surface area contributed by atoms with Gasteiger partial charge in [0.2, 0.25) is 0 Å². The van der Waals surface area contributed by atoms with Crippen molar-refractivity contribution in [1.29, 1.82) is 0 Å². The number of carbonyl (C=O) groups excluding carboxylic acids is 1. The van der Waals surface area contributed by atoms with Crippen LogP contribution >= 0.6 is 27.7 Å². The lowest BCUT2D eigenvalue weighted by Gasteiger charge is -2.03. The summed E-state index contributed by atoms with van der Waals surface area (Å²) in [5.74, 6) is -0.518. The summed E-state index contributed by atoms with van der Waals surface area (Å²) in [5, 5.41) is 14.7. The first kappa shape index (κ1) is 17.4. The number of nitro groups is 1. The molecule has 0 bridgehead atoms. The molecular formula is C17H9BrN4O4S.